The smallest absolute Gasteiger partial charge is 0.243 e. The molecule has 0 fully saturated rings. The van der Waals surface area contributed by atoms with E-state index in [1.54, 1.807) is 24.3 Å². The monoisotopic (exact) mass is 328 g/mol. The second kappa shape index (κ2) is 6.53. The Labute approximate surface area is 127 Å². The van der Waals surface area contributed by atoms with Crippen molar-refractivity contribution in [3.63, 3.8) is 0 Å². The van der Waals surface area contributed by atoms with Gasteiger partial charge in [-0.05, 0) is 17.7 Å². The highest BCUT2D eigenvalue weighted by Gasteiger charge is 2.21. The summed E-state index contributed by atoms with van der Waals surface area (Å²) < 4.78 is 40.9. The lowest BCUT2D eigenvalue weighted by molar-refractivity contribution is 0.549. The minimum absolute atomic E-state index is 0.0580. The molecular formula is C14H14ClFN2O2S. The molecule has 3 N–H and O–H groups in total. The molecule has 112 valence electrons. The molecule has 0 aromatic heterocycles. The predicted octanol–water partition coefficient (Wildman–Crippen LogP) is 2.42. The van der Waals surface area contributed by atoms with Crippen molar-refractivity contribution in [2.45, 2.75) is 18.0 Å². The highest BCUT2D eigenvalue weighted by atomic mass is 35.5. The van der Waals surface area contributed by atoms with E-state index in [9.17, 15) is 12.8 Å². The standard InChI is InChI=1S/C14H14ClFN2O2S/c15-12-6-11(8-17)14(16)13(7-12)21(19,20)18-9-10-4-2-1-3-5-10/h1-7,18H,8-9,17H2. The molecule has 0 aliphatic heterocycles. The van der Waals surface area contributed by atoms with Crippen molar-refractivity contribution in [2.75, 3.05) is 0 Å². The zero-order chi connectivity index (χ0) is 15.5. The lowest BCUT2D eigenvalue weighted by Gasteiger charge is -2.10. The Bertz CT molecular complexity index is 736. The normalized spacial score (nSPS) is 11.6. The van der Waals surface area contributed by atoms with Crippen LogP contribution in [0, 0.1) is 5.82 Å². The van der Waals surface area contributed by atoms with Crippen LogP contribution in [0.3, 0.4) is 0 Å². The molecule has 7 heteroatoms. The molecule has 0 saturated carbocycles. The van der Waals surface area contributed by atoms with Crippen LogP contribution in [-0.2, 0) is 23.1 Å². The van der Waals surface area contributed by atoms with E-state index in [0.29, 0.717) is 0 Å². The summed E-state index contributed by atoms with van der Waals surface area (Å²) in [7, 11) is -4.01. The molecule has 0 saturated heterocycles. The number of hydrogen-bond donors (Lipinski definition) is 2. The van der Waals surface area contributed by atoms with E-state index in [1.807, 2.05) is 6.07 Å². The average molecular weight is 329 g/mol. The van der Waals surface area contributed by atoms with Crippen LogP contribution in [0.2, 0.25) is 5.02 Å². The summed E-state index contributed by atoms with van der Waals surface area (Å²) >= 11 is 5.81. The van der Waals surface area contributed by atoms with E-state index in [0.717, 1.165) is 11.6 Å². The molecule has 2 rings (SSSR count). The Kier molecular flexibility index (Phi) is 4.95. The minimum Gasteiger partial charge on any atom is -0.326 e. The molecule has 0 radical (unpaired) electrons. The first kappa shape index (κ1) is 15.9. The van der Waals surface area contributed by atoms with Gasteiger partial charge in [-0.3, -0.25) is 0 Å². The van der Waals surface area contributed by atoms with Gasteiger partial charge in [0, 0.05) is 23.7 Å². The van der Waals surface area contributed by atoms with Gasteiger partial charge in [0.25, 0.3) is 0 Å². The molecule has 0 bridgehead atoms. The van der Waals surface area contributed by atoms with Gasteiger partial charge in [0.05, 0.1) is 0 Å². The third-order valence-electron chi connectivity index (χ3n) is 2.90. The zero-order valence-corrected chi connectivity index (χ0v) is 12.6. The SMILES string of the molecule is NCc1cc(Cl)cc(S(=O)(=O)NCc2ccccc2)c1F. The lowest BCUT2D eigenvalue weighted by Crippen LogP contribution is -2.24. The van der Waals surface area contributed by atoms with Crippen molar-refractivity contribution in [1.29, 1.82) is 0 Å². The van der Waals surface area contributed by atoms with Crippen LogP contribution in [0.4, 0.5) is 4.39 Å². The summed E-state index contributed by atoms with van der Waals surface area (Å²) in [5.41, 5.74) is 6.21. The summed E-state index contributed by atoms with van der Waals surface area (Å²) in [5, 5.41) is 0.122. The van der Waals surface area contributed by atoms with E-state index in [-0.39, 0.29) is 23.7 Å². The topological polar surface area (TPSA) is 72.2 Å². The van der Waals surface area contributed by atoms with Gasteiger partial charge in [0.1, 0.15) is 10.7 Å². The lowest BCUT2D eigenvalue weighted by atomic mass is 10.2. The van der Waals surface area contributed by atoms with E-state index >= 15 is 0 Å². The molecule has 0 spiro atoms. The second-order valence-electron chi connectivity index (χ2n) is 4.39. The first-order valence-corrected chi connectivity index (χ1v) is 8.01. The van der Waals surface area contributed by atoms with Crippen LogP contribution in [0.15, 0.2) is 47.4 Å². The van der Waals surface area contributed by atoms with Crippen LogP contribution in [0.25, 0.3) is 0 Å². The fraction of sp³-hybridized carbons (Fsp3) is 0.143. The van der Waals surface area contributed by atoms with E-state index in [2.05, 4.69) is 4.72 Å². The number of hydrogen-bond acceptors (Lipinski definition) is 3. The number of halogens is 2. The van der Waals surface area contributed by atoms with E-state index in [4.69, 9.17) is 17.3 Å². The maximum absolute atomic E-state index is 14.1. The van der Waals surface area contributed by atoms with Crippen molar-refractivity contribution in [2.24, 2.45) is 5.73 Å². The summed E-state index contributed by atoms with van der Waals surface area (Å²) in [5.74, 6) is -0.873. The largest absolute Gasteiger partial charge is 0.326 e. The van der Waals surface area contributed by atoms with Crippen LogP contribution >= 0.6 is 11.6 Å². The van der Waals surface area contributed by atoms with Crippen LogP contribution < -0.4 is 10.5 Å². The minimum atomic E-state index is -4.01. The van der Waals surface area contributed by atoms with Crippen LogP contribution in [0.1, 0.15) is 11.1 Å². The summed E-state index contributed by atoms with van der Waals surface area (Å²) in [6.45, 7) is -0.0688. The molecular weight excluding hydrogens is 315 g/mol. The Morgan fingerprint density at radius 2 is 1.86 bits per heavy atom. The second-order valence-corrected chi connectivity index (χ2v) is 6.56. The molecule has 2 aromatic rings. The molecule has 0 aliphatic carbocycles. The maximum atomic E-state index is 14.1. The Morgan fingerprint density at radius 1 is 1.19 bits per heavy atom. The molecule has 0 atom stereocenters. The van der Waals surface area contributed by atoms with Gasteiger partial charge in [0.2, 0.25) is 10.0 Å². The first-order valence-electron chi connectivity index (χ1n) is 6.15. The van der Waals surface area contributed by atoms with Gasteiger partial charge < -0.3 is 5.73 Å². The number of nitrogens with two attached hydrogens (primary N) is 1. The first-order chi connectivity index (χ1) is 9.94. The fourth-order valence-corrected chi connectivity index (χ4v) is 3.28. The number of sulfonamides is 1. The summed E-state index contributed by atoms with van der Waals surface area (Å²) in [6.07, 6.45) is 0. The Balaban J connectivity index is 2.30. The average Bonchev–Trinajstić information content (AvgIpc) is 2.48. The molecule has 4 nitrogen and oxygen atoms in total. The highest BCUT2D eigenvalue weighted by molar-refractivity contribution is 7.89. The third kappa shape index (κ3) is 3.79. The highest BCUT2D eigenvalue weighted by Crippen LogP contribution is 2.23. The Morgan fingerprint density at radius 3 is 2.48 bits per heavy atom. The summed E-state index contributed by atoms with van der Waals surface area (Å²) in [4.78, 5) is -0.494. The summed E-state index contributed by atoms with van der Waals surface area (Å²) in [6, 6.07) is 11.3. The molecule has 2 aromatic carbocycles. The van der Waals surface area contributed by atoms with Crippen LogP contribution in [-0.4, -0.2) is 8.42 Å². The van der Waals surface area contributed by atoms with Crippen LogP contribution in [0.5, 0.6) is 0 Å². The zero-order valence-electron chi connectivity index (χ0n) is 11.0. The molecule has 0 unspecified atom stereocenters. The fourth-order valence-electron chi connectivity index (χ4n) is 1.81. The van der Waals surface area contributed by atoms with Gasteiger partial charge in [-0.1, -0.05) is 41.9 Å². The van der Waals surface area contributed by atoms with Crippen molar-refractivity contribution in [3.8, 4) is 0 Å². The van der Waals surface area contributed by atoms with Gasteiger partial charge in [-0.2, -0.15) is 0 Å². The van der Waals surface area contributed by atoms with Crippen molar-refractivity contribution in [1.82, 2.24) is 4.72 Å². The van der Waals surface area contributed by atoms with Gasteiger partial charge in [0.15, 0.2) is 0 Å². The molecule has 0 amide bonds. The Hall–Kier alpha value is -1.47. The number of nitrogens with one attached hydrogen (secondary N) is 1. The molecule has 21 heavy (non-hydrogen) atoms. The molecule has 0 aliphatic rings. The third-order valence-corrected chi connectivity index (χ3v) is 4.52. The van der Waals surface area contributed by atoms with Gasteiger partial charge in [-0.15, -0.1) is 0 Å². The van der Waals surface area contributed by atoms with Crippen molar-refractivity contribution >= 4 is 21.6 Å². The van der Waals surface area contributed by atoms with Crippen molar-refractivity contribution < 1.29 is 12.8 Å². The van der Waals surface area contributed by atoms with E-state index in [1.165, 1.54) is 6.07 Å². The quantitative estimate of drug-likeness (QED) is 0.885. The van der Waals surface area contributed by atoms with Gasteiger partial charge in [-0.25, -0.2) is 17.5 Å². The number of benzene rings is 2. The van der Waals surface area contributed by atoms with Crippen molar-refractivity contribution in [3.05, 3.63) is 64.4 Å². The molecule has 0 heterocycles. The maximum Gasteiger partial charge on any atom is 0.243 e. The number of rotatable bonds is 5. The van der Waals surface area contributed by atoms with Gasteiger partial charge >= 0.3 is 0 Å². The predicted molar refractivity (Wildman–Crippen MR) is 79.8 cm³/mol. The van der Waals surface area contributed by atoms with E-state index < -0.39 is 20.7 Å².